The zero-order valence-corrected chi connectivity index (χ0v) is 13.8. The van der Waals surface area contributed by atoms with Crippen LogP contribution < -0.4 is 0 Å². The van der Waals surface area contributed by atoms with Crippen LogP contribution in [0.4, 0.5) is 0 Å². The van der Waals surface area contributed by atoms with Gasteiger partial charge in [0.15, 0.2) is 0 Å². The highest BCUT2D eigenvalue weighted by molar-refractivity contribution is 9.10. The van der Waals surface area contributed by atoms with Crippen molar-refractivity contribution in [2.24, 2.45) is 0 Å². The van der Waals surface area contributed by atoms with Crippen LogP contribution in [0.1, 0.15) is 21.6 Å². The molecule has 0 spiro atoms. The zero-order valence-electron chi connectivity index (χ0n) is 12.2. The van der Waals surface area contributed by atoms with E-state index >= 15 is 0 Å². The van der Waals surface area contributed by atoms with Crippen molar-refractivity contribution >= 4 is 32.7 Å². The fraction of sp³-hybridized carbons (Fsp3) is 0.167. The molecule has 0 bridgehead atoms. The van der Waals surface area contributed by atoms with E-state index in [0.29, 0.717) is 6.42 Å². The molecule has 2 aromatic carbocycles. The van der Waals surface area contributed by atoms with Gasteiger partial charge in [-0.25, -0.2) is 0 Å². The van der Waals surface area contributed by atoms with E-state index in [-0.39, 0.29) is 12.5 Å². The number of nitrogens with zero attached hydrogens (tertiary/aromatic N) is 1. The summed E-state index contributed by atoms with van der Waals surface area (Å²) >= 11 is 3.40. The lowest BCUT2D eigenvalue weighted by Gasteiger charge is -2.07. The molecule has 0 atom stereocenters. The number of halogens is 1. The summed E-state index contributed by atoms with van der Waals surface area (Å²) in [5, 5.41) is 10.5. The van der Waals surface area contributed by atoms with Crippen LogP contribution in [-0.4, -0.2) is 15.6 Å². The van der Waals surface area contributed by atoms with Gasteiger partial charge < -0.3 is 5.11 Å². The molecule has 0 saturated heterocycles. The molecule has 0 radical (unpaired) electrons. The van der Waals surface area contributed by atoms with Crippen molar-refractivity contribution in [1.82, 2.24) is 4.57 Å². The molecular weight excluding hydrogens is 342 g/mol. The average Bonchev–Trinajstić information content (AvgIpc) is 2.81. The van der Waals surface area contributed by atoms with E-state index in [0.717, 1.165) is 32.2 Å². The molecule has 22 heavy (non-hydrogen) atoms. The predicted molar refractivity (Wildman–Crippen MR) is 91.1 cm³/mol. The van der Waals surface area contributed by atoms with E-state index in [9.17, 15) is 9.90 Å². The monoisotopic (exact) mass is 357 g/mol. The van der Waals surface area contributed by atoms with Crippen LogP contribution in [0.15, 0.2) is 53.0 Å². The Bertz CT molecular complexity index is 834. The molecule has 3 nitrogen and oxygen atoms in total. The molecule has 0 aliphatic carbocycles. The Morgan fingerprint density at radius 1 is 1.14 bits per heavy atom. The first-order chi connectivity index (χ1) is 10.6. The van der Waals surface area contributed by atoms with Gasteiger partial charge in [-0.2, -0.15) is 0 Å². The van der Waals surface area contributed by atoms with Gasteiger partial charge in [-0.05, 0) is 30.7 Å². The van der Waals surface area contributed by atoms with Crippen LogP contribution in [-0.2, 0) is 13.0 Å². The third-order valence-corrected chi connectivity index (χ3v) is 4.45. The van der Waals surface area contributed by atoms with Gasteiger partial charge in [0.25, 0.3) is 0 Å². The minimum atomic E-state index is -0.0646. The lowest BCUT2D eigenvalue weighted by Crippen LogP contribution is -2.15. The van der Waals surface area contributed by atoms with Crippen molar-refractivity contribution in [3.05, 3.63) is 69.8 Å². The van der Waals surface area contributed by atoms with Crippen LogP contribution in [0, 0.1) is 6.92 Å². The van der Waals surface area contributed by atoms with Gasteiger partial charge in [-0.1, -0.05) is 46.3 Å². The average molecular weight is 358 g/mol. The number of aromatic nitrogens is 1. The molecule has 3 aromatic rings. The van der Waals surface area contributed by atoms with Crippen molar-refractivity contribution in [3.63, 3.8) is 0 Å². The summed E-state index contributed by atoms with van der Waals surface area (Å²) in [7, 11) is 0. The molecule has 1 heterocycles. The topological polar surface area (TPSA) is 42.2 Å². The molecule has 0 saturated carbocycles. The van der Waals surface area contributed by atoms with Crippen LogP contribution in [0.2, 0.25) is 0 Å². The molecular formula is C18H16BrNO2. The molecule has 0 aliphatic rings. The number of aliphatic hydroxyl groups excluding tert-OH is 1. The molecule has 0 amide bonds. The summed E-state index contributed by atoms with van der Waals surface area (Å²) < 4.78 is 2.71. The summed E-state index contributed by atoms with van der Waals surface area (Å²) in [4.78, 5) is 12.7. The van der Waals surface area contributed by atoms with Crippen molar-refractivity contribution in [3.8, 4) is 0 Å². The molecule has 4 heteroatoms. The van der Waals surface area contributed by atoms with Gasteiger partial charge in [0, 0.05) is 21.1 Å². The van der Waals surface area contributed by atoms with Crippen molar-refractivity contribution < 1.29 is 9.90 Å². The molecule has 0 aliphatic heterocycles. The summed E-state index contributed by atoms with van der Waals surface area (Å²) in [6.45, 7) is 1.82. The Balaban J connectivity index is 2.04. The number of hydrogen-bond acceptors (Lipinski definition) is 2. The van der Waals surface area contributed by atoms with Crippen molar-refractivity contribution in [1.29, 1.82) is 0 Å². The van der Waals surface area contributed by atoms with Gasteiger partial charge >= 0.3 is 0 Å². The first kappa shape index (κ1) is 15.0. The van der Waals surface area contributed by atoms with Gasteiger partial charge in [-0.3, -0.25) is 9.36 Å². The number of carbonyl (C=O) groups is 1. The first-order valence-corrected chi connectivity index (χ1v) is 7.88. The molecule has 1 N–H and O–H groups in total. The lowest BCUT2D eigenvalue weighted by molar-refractivity contribution is 0.0917. The summed E-state index contributed by atoms with van der Waals surface area (Å²) in [6.07, 6.45) is 0.331. The highest BCUT2D eigenvalue weighted by atomic mass is 79.9. The SMILES string of the molecule is Cc1c(CO)c2ccccc2n1C(=O)Cc1ccc(Br)cc1. The third kappa shape index (κ3) is 2.60. The van der Waals surface area contributed by atoms with E-state index in [1.54, 1.807) is 4.57 Å². The van der Waals surface area contributed by atoms with Gasteiger partial charge in [0.2, 0.25) is 5.91 Å². The molecule has 1 aromatic heterocycles. The Morgan fingerprint density at radius 2 is 1.82 bits per heavy atom. The molecule has 0 fully saturated rings. The van der Waals surface area contributed by atoms with Gasteiger partial charge in [0.1, 0.15) is 0 Å². The van der Waals surface area contributed by atoms with Crippen LogP contribution >= 0.6 is 15.9 Å². The summed E-state index contributed by atoms with van der Waals surface area (Å²) in [6, 6.07) is 15.4. The lowest BCUT2D eigenvalue weighted by atomic mass is 10.1. The summed E-state index contributed by atoms with van der Waals surface area (Å²) in [5.41, 5.74) is 3.45. The smallest absolute Gasteiger partial charge is 0.235 e. The zero-order chi connectivity index (χ0) is 15.7. The Morgan fingerprint density at radius 3 is 2.50 bits per heavy atom. The highest BCUT2D eigenvalue weighted by Crippen LogP contribution is 2.26. The second kappa shape index (κ2) is 6.07. The maximum absolute atomic E-state index is 12.7. The number of carbonyl (C=O) groups excluding carboxylic acids is 1. The number of rotatable bonds is 3. The fourth-order valence-electron chi connectivity index (χ4n) is 2.81. The van der Waals surface area contributed by atoms with E-state index in [2.05, 4.69) is 15.9 Å². The third-order valence-electron chi connectivity index (χ3n) is 3.92. The standard InChI is InChI=1S/C18H16BrNO2/c1-12-16(11-21)15-4-2-3-5-17(15)20(12)18(22)10-13-6-8-14(19)9-7-13/h2-9,21H,10-11H2,1H3. The quantitative estimate of drug-likeness (QED) is 0.766. The Labute approximate surface area is 137 Å². The van der Waals surface area contributed by atoms with Gasteiger partial charge in [0.05, 0.1) is 18.5 Å². The number of benzene rings is 2. The normalized spacial score (nSPS) is 11.0. The minimum Gasteiger partial charge on any atom is -0.392 e. The van der Waals surface area contributed by atoms with E-state index in [1.165, 1.54) is 0 Å². The second-order valence-corrected chi connectivity index (χ2v) is 6.19. The van der Waals surface area contributed by atoms with Crippen molar-refractivity contribution in [2.75, 3.05) is 0 Å². The fourth-order valence-corrected chi connectivity index (χ4v) is 3.08. The van der Waals surface area contributed by atoms with Crippen molar-refractivity contribution in [2.45, 2.75) is 20.0 Å². The molecule has 112 valence electrons. The second-order valence-electron chi connectivity index (χ2n) is 5.27. The van der Waals surface area contributed by atoms with E-state index in [4.69, 9.17) is 0 Å². The molecule has 0 unspecified atom stereocenters. The Hall–Kier alpha value is -1.91. The first-order valence-electron chi connectivity index (χ1n) is 7.09. The largest absolute Gasteiger partial charge is 0.392 e. The van der Waals surface area contributed by atoms with E-state index in [1.807, 2.05) is 55.5 Å². The molecule has 3 rings (SSSR count). The van der Waals surface area contributed by atoms with Crippen LogP contribution in [0.3, 0.4) is 0 Å². The predicted octanol–water partition coefficient (Wildman–Crippen LogP) is 4.09. The number of aliphatic hydroxyl groups is 1. The number of hydrogen-bond donors (Lipinski definition) is 1. The minimum absolute atomic E-state index is 0.00993. The van der Waals surface area contributed by atoms with Crippen LogP contribution in [0.25, 0.3) is 10.9 Å². The number of fused-ring (bicyclic) bond motifs is 1. The maximum atomic E-state index is 12.7. The van der Waals surface area contributed by atoms with Crippen LogP contribution in [0.5, 0.6) is 0 Å². The van der Waals surface area contributed by atoms with Gasteiger partial charge in [-0.15, -0.1) is 0 Å². The van der Waals surface area contributed by atoms with E-state index < -0.39 is 0 Å². The maximum Gasteiger partial charge on any atom is 0.235 e. The summed E-state index contributed by atoms with van der Waals surface area (Å²) in [5.74, 6) is 0.00993. The Kier molecular flexibility index (Phi) is 4.14. The highest BCUT2D eigenvalue weighted by Gasteiger charge is 2.17. The number of para-hydroxylation sites is 1.